The van der Waals surface area contributed by atoms with E-state index < -0.39 is 11.9 Å². The topological polar surface area (TPSA) is 134 Å². The van der Waals surface area contributed by atoms with Crippen LogP contribution in [0.4, 0.5) is 11.4 Å². The normalized spacial score (nSPS) is 10.3. The zero-order chi connectivity index (χ0) is 27.9. The third kappa shape index (κ3) is 6.28. The molecule has 0 heterocycles. The molecule has 0 aromatic heterocycles. The number of carbonyl (C=O) groups is 4. The van der Waals surface area contributed by atoms with Gasteiger partial charge in [0.2, 0.25) is 0 Å². The van der Waals surface area contributed by atoms with Crippen LogP contribution in [0.15, 0.2) is 84.9 Å². The van der Waals surface area contributed by atoms with Crippen molar-refractivity contribution in [3.8, 4) is 28.4 Å². The zero-order valence-corrected chi connectivity index (χ0v) is 21.0. The van der Waals surface area contributed by atoms with Crippen LogP contribution in [0.3, 0.4) is 0 Å². The summed E-state index contributed by atoms with van der Waals surface area (Å²) in [5.41, 5.74) is 2.03. The van der Waals surface area contributed by atoms with E-state index >= 15 is 0 Å². The lowest BCUT2D eigenvalue weighted by molar-refractivity contribution is -0.255. The van der Waals surface area contributed by atoms with Gasteiger partial charge in [0, 0.05) is 29.5 Å². The summed E-state index contributed by atoms with van der Waals surface area (Å²) in [7, 11) is 1.82. The van der Waals surface area contributed by atoms with Crippen LogP contribution in [0.2, 0.25) is 0 Å². The molecule has 9 nitrogen and oxygen atoms in total. The summed E-state index contributed by atoms with van der Waals surface area (Å²) in [5, 5.41) is 17.6. The number of anilines is 2. The summed E-state index contributed by atoms with van der Waals surface area (Å²) in [5.74, 6) is -1.24. The molecule has 4 aromatic carbocycles. The van der Waals surface area contributed by atoms with Crippen molar-refractivity contribution in [2.45, 2.75) is 6.92 Å². The Morgan fingerprint density at radius 1 is 0.744 bits per heavy atom. The van der Waals surface area contributed by atoms with Crippen molar-refractivity contribution < 1.29 is 33.8 Å². The van der Waals surface area contributed by atoms with Crippen molar-refractivity contribution in [2.24, 2.45) is 0 Å². The number of ketones is 1. The number of ether oxygens (including phenoxy) is 2. The van der Waals surface area contributed by atoms with Crippen LogP contribution in [-0.2, 0) is 4.79 Å². The number of hydrogen-bond acceptors (Lipinski definition) is 8. The lowest BCUT2D eigenvalue weighted by Gasteiger charge is -2.14. The Hall–Kier alpha value is -5.44. The van der Waals surface area contributed by atoms with Gasteiger partial charge in [0.25, 0.3) is 12.4 Å². The Kier molecular flexibility index (Phi) is 8.01. The quantitative estimate of drug-likeness (QED) is 0.229. The minimum Gasteiger partial charge on any atom is -0.545 e. The maximum Gasteiger partial charge on any atom is 0.298 e. The van der Waals surface area contributed by atoms with Crippen LogP contribution in [-0.4, -0.2) is 31.2 Å². The molecule has 0 radical (unpaired) electrons. The van der Waals surface area contributed by atoms with Crippen molar-refractivity contribution in [1.82, 2.24) is 0 Å². The maximum atomic E-state index is 12.9. The highest BCUT2D eigenvalue weighted by Crippen LogP contribution is 2.29. The third-order valence-corrected chi connectivity index (χ3v) is 5.84. The zero-order valence-electron chi connectivity index (χ0n) is 21.0. The van der Waals surface area contributed by atoms with Gasteiger partial charge in [-0.1, -0.05) is 12.1 Å². The number of hydrogen-bond donors (Lipinski definition) is 2. The Balaban J connectivity index is 1.53. The van der Waals surface area contributed by atoms with Crippen molar-refractivity contribution in [3.63, 3.8) is 0 Å². The molecule has 4 aromatic rings. The molecule has 9 heteroatoms. The SMILES string of the molecule is CNc1ccc(Oc2ccc(NC(=O)c3ccc(-c4ccc(OC=O)c(C(C)=O)c4)cc3C(=O)[O-])cc2)cc1. The van der Waals surface area contributed by atoms with E-state index in [-0.39, 0.29) is 34.7 Å². The summed E-state index contributed by atoms with van der Waals surface area (Å²) in [6.45, 7) is 1.53. The number of benzene rings is 4. The van der Waals surface area contributed by atoms with E-state index in [1.807, 2.05) is 31.3 Å². The second-order valence-corrected chi connectivity index (χ2v) is 8.38. The highest BCUT2D eigenvalue weighted by Gasteiger charge is 2.16. The van der Waals surface area contributed by atoms with Crippen molar-refractivity contribution in [1.29, 1.82) is 0 Å². The molecule has 196 valence electrons. The molecule has 0 aliphatic rings. The minimum atomic E-state index is -1.54. The van der Waals surface area contributed by atoms with Crippen LogP contribution in [0.1, 0.15) is 38.0 Å². The second kappa shape index (κ2) is 11.7. The summed E-state index contributed by atoms with van der Waals surface area (Å²) >= 11 is 0. The van der Waals surface area contributed by atoms with E-state index in [4.69, 9.17) is 9.47 Å². The summed E-state index contributed by atoms with van der Waals surface area (Å²) < 4.78 is 10.6. The van der Waals surface area contributed by atoms with Crippen molar-refractivity contribution in [2.75, 3.05) is 17.7 Å². The fourth-order valence-electron chi connectivity index (χ4n) is 3.86. The highest BCUT2D eigenvalue weighted by atomic mass is 16.5. The van der Waals surface area contributed by atoms with Gasteiger partial charge in [0.15, 0.2) is 5.78 Å². The van der Waals surface area contributed by atoms with E-state index in [0.29, 0.717) is 28.3 Å². The Labute approximate surface area is 224 Å². The molecule has 0 aliphatic heterocycles. The maximum absolute atomic E-state index is 12.9. The van der Waals surface area contributed by atoms with Crippen LogP contribution in [0.25, 0.3) is 11.1 Å². The van der Waals surface area contributed by atoms with E-state index in [0.717, 1.165) is 5.69 Å². The first-order valence-corrected chi connectivity index (χ1v) is 11.8. The van der Waals surface area contributed by atoms with E-state index in [1.165, 1.54) is 31.2 Å². The lowest BCUT2D eigenvalue weighted by Crippen LogP contribution is -2.26. The Morgan fingerprint density at radius 2 is 1.31 bits per heavy atom. The number of Topliss-reactive ketones (excluding diaryl/α,β-unsaturated/α-hetero) is 1. The molecule has 0 atom stereocenters. The standard InChI is InChI=1S/C30H24N2O7/c1-18(34)26-15-20(4-14-28(26)38-17-33)19-3-13-25(27(16-19)30(36)37)29(35)32-22-7-11-24(12-8-22)39-23-9-5-21(31-2)6-10-23/h3-17,31H,1-2H3,(H,32,35)(H,36,37)/p-1. The first-order valence-electron chi connectivity index (χ1n) is 11.8. The molecule has 4 rings (SSSR count). The van der Waals surface area contributed by atoms with E-state index in [9.17, 15) is 24.3 Å². The predicted octanol–water partition coefficient (Wildman–Crippen LogP) is 4.54. The van der Waals surface area contributed by atoms with Gasteiger partial charge >= 0.3 is 0 Å². The Morgan fingerprint density at radius 3 is 1.85 bits per heavy atom. The van der Waals surface area contributed by atoms with Crippen molar-refractivity contribution >= 4 is 35.5 Å². The average Bonchev–Trinajstić information content (AvgIpc) is 2.94. The van der Waals surface area contributed by atoms with Gasteiger partial charge in [-0.3, -0.25) is 14.4 Å². The first kappa shape index (κ1) is 26.6. The molecule has 0 fully saturated rings. The third-order valence-electron chi connectivity index (χ3n) is 5.84. The summed E-state index contributed by atoms with van der Waals surface area (Å²) in [6, 6.07) is 22.7. The molecule has 0 saturated heterocycles. The molecule has 0 aliphatic carbocycles. The number of carbonyl (C=O) groups excluding carboxylic acids is 4. The molecule has 2 N–H and O–H groups in total. The molecule has 1 amide bonds. The first-order chi connectivity index (χ1) is 18.8. The van der Waals surface area contributed by atoms with Gasteiger partial charge in [-0.15, -0.1) is 0 Å². The summed E-state index contributed by atoms with van der Waals surface area (Å²) in [6.07, 6.45) is 0. The number of nitrogens with one attached hydrogen (secondary N) is 2. The van der Waals surface area contributed by atoms with Gasteiger partial charge in [-0.05, 0) is 90.8 Å². The van der Waals surface area contributed by atoms with E-state index in [2.05, 4.69) is 10.6 Å². The lowest BCUT2D eigenvalue weighted by atomic mass is 9.96. The molecule has 0 spiro atoms. The molecule has 0 saturated carbocycles. The van der Waals surface area contributed by atoms with Gasteiger partial charge in [0.1, 0.15) is 17.2 Å². The van der Waals surface area contributed by atoms with Gasteiger partial charge < -0.3 is 30.0 Å². The van der Waals surface area contributed by atoms with Gasteiger partial charge in [-0.25, -0.2) is 0 Å². The number of aromatic carboxylic acids is 1. The number of carboxylic acids is 1. The van der Waals surface area contributed by atoms with Crippen molar-refractivity contribution in [3.05, 3.63) is 102 Å². The van der Waals surface area contributed by atoms with Gasteiger partial charge in [-0.2, -0.15) is 0 Å². The van der Waals surface area contributed by atoms with Crippen LogP contribution in [0.5, 0.6) is 17.2 Å². The largest absolute Gasteiger partial charge is 0.545 e. The molecule has 0 bridgehead atoms. The fourth-order valence-corrected chi connectivity index (χ4v) is 3.86. The van der Waals surface area contributed by atoms with Gasteiger partial charge in [0.05, 0.1) is 11.5 Å². The summed E-state index contributed by atoms with van der Waals surface area (Å²) in [4.78, 5) is 47.6. The average molecular weight is 524 g/mol. The fraction of sp³-hybridized carbons (Fsp3) is 0.0667. The highest BCUT2D eigenvalue weighted by molar-refractivity contribution is 6.11. The Bertz CT molecular complexity index is 1550. The monoisotopic (exact) mass is 523 g/mol. The molecular weight excluding hydrogens is 500 g/mol. The number of carboxylic acid groups (broad SMARTS) is 1. The van der Waals surface area contributed by atoms with E-state index in [1.54, 1.807) is 36.4 Å². The number of amides is 1. The molecule has 39 heavy (non-hydrogen) atoms. The second-order valence-electron chi connectivity index (χ2n) is 8.38. The smallest absolute Gasteiger partial charge is 0.298 e. The minimum absolute atomic E-state index is 0.0838. The molecular formula is C30H23N2O7-. The van der Waals surface area contributed by atoms with Crippen LogP contribution < -0.4 is 25.2 Å². The van der Waals surface area contributed by atoms with Crippen LogP contribution >= 0.6 is 0 Å². The molecule has 0 unspecified atom stereocenters. The van der Waals surface area contributed by atoms with Crippen LogP contribution in [0, 0.1) is 0 Å². The predicted molar refractivity (Wildman–Crippen MR) is 143 cm³/mol. The number of rotatable bonds is 10.